The summed E-state index contributed by atoms with van der Waals surface area (Å²) in [6.07, 6.45) is 5.52. The molecule has 3 heterocycles. The van der Waals surface area contributed by atoms with Crippen molar-refractivity contribution in [1.82, 2.24) is 24.1 Å². The van der Waals surface area contributed by atoms with Gasteiger partial charge in [0, 0.05) is 25.5 Å². The molecule has 4 rings (SSSR count). The molecular weight excluding hydrogens is 376 g/mol. The lowest BCUT2D eigenvalue weighted by Crippen LogP contribution is -2.08. The summed E-state index contributed by atoms with van der Waals surface area (Å²) in [6, 6.07) is 9.67. The minimum Gasteiger partial charge on any atom is -0.497 e. The summed E-state index contributed by atoms with van der Waals surface area (Å²) in [5.74, 6) is 1.86. The number of anilines is 1. The number of fused-ring (bicyclic) bond motifs is 1. The van der Waals surface area contributed by atoms with Gasteiger partial charge in [-0.3, -0.25) is 0 Å². The molecule has 0 aliphatic rings. The van der Waals surface area contributed by atoms with Gasteiger partial charge in [-0.2, -0.15) is 0 Å². The van der Waals surface area contributed by atoms with Gasteiger partial charge in [0.15, 0.2) is 22.1 Å². The number of ether oxygens (including phenoxy) is 2. The quantitative estimate of drug-likeness (QED) is 0.513. The summed E-state index contributed by atoms with van der Waals surface area (Å²) in [4.78, 5) is 14.1. The Morgan fingerprint density at radius 2 is 1.89 bits per heavy atom. The van der Waals surface area contributed by atoms with Gasteiger partial charge >= 0.3 is 0 Å². The normalized spacial score (nSPS) is 11.1. The van der Waals surface area contributed by atoms with Crippen molar-refractivity contribution in [1.29, 1.82) is 0 Å². The van der Waals surface area contributed by atoms with Crippen LogP contribution in [0.25, 0.3) is 11.2 Å². The Morgan fingerprint density at radius 3 is 2.64 bits per heavy atom. The predicted octanol–water partition coefficient (Wildman–Crippen LogP) is 3.08. The van der Waals surface area contributed by atoms with Crippen LogP contribution in [0.1, 0.15) is 0 Å². The molecule has 4 aromatic rings. The van der Waals surface area contributed by atoms with Crippen molar-refractivity contribution in [3.63, 3.8) is 0 Å². The second-order valence-corrected chi connectivity index (χ2v) is 7.03. The summed E-state index contributed by atoms with van der Waals surface area (Å²) in [5, 5.41) is 0.765. The molecule has 0 saturated carbocycles. The van der Waals surface area contributed by atoms with Gasteiger partial charge in [0.25, 0.3) is 0 Å². The fourth-order valence-corrected chi connectivity index (χ4v) is 3.96. The Balaban J connectivity index is 1.75. The first-order chi connectivity index (χ1) is 13.7. The summed E-state index contributed by atoms with van der Waals surface area (Å²) in [5.41, 5.74) is 7.35. The highest BCUT2D eigenvalue weighted by molar-refractivity contribution is 7.99. The highest BCUT2D eigenvalue weighted by Gasteiger charge is 2.18. The van der Waals surface area contributed by atoms with E-state index in [1.807, 2.05) is 42.7 Å². The van der Waals surface area contributed by atoms with Crippen molar-refractivity contribution in [3.05, 3.63) is 49.1 Å². The summed E-state index contributed by atoms with van der Waals surface area (Å²) in [7, 11) is 3.28. The van der Waals surface area contributed by atoms with Gasteiger partial charge < -0.3 is 24.3 Å². The van der Waals surface area contributed by atoms with Crippen LogP contribution in [-0.4, -0.2) is 38.3 Å². The van der Waals surface area contributed by atoms with Crippen molar-refractivity contribution in [2.24, 2.45) is 0 Å². The molecule has 0 unspecified atom stereocenters. The lowest BCUT2D eigenvalue weighted by molar-refractivity contribution is 0.394. The molecule has 144 valence electrons. The van der Waals surface area contributed by atoms with Crippen molar-refractivity contribution >= 4 is 28.7 Å². The minimum atomic E-state index is 0.365. The number of hydrogen-bond acceptors (Lipinski definition) is 7. The van der Waals surface area contributed by atoms with Crippen LogP contribution in [0, 0.1) is 0 Å². The van der Waals surface area contributed by atoms with Gasteiger partial charge in [-0.1, -0.05) is 0 Å². The number of nitrogen functional groups attached to an aromatic ring is 1. The van der Waals surface area contributed by atoms with E-state index in [1.165, 1.54) is 18.1 Å². The maximum Gasteiger partial charge on any atom is 0.175 e. The molecule has 0 fully saturated rings. The molecule has 0 radical (unpaired) electrons. The second-order valence-electron chi connectivity index (χ2n) is 6.02. The van der Waals surface area contributed by atoms with Gasteiger partial charge in [0.2, 0.25) is 0 Å². The standard InChI is InChI=1S/C19H20N6O2S/c1-26-13-5-6-14(27-2)15(11-13)28-19-23-16-17(20)21-12-22-18(16)25(19)10-9-24-7-3-4-8-24/h3-8,11-12H,9-10H2,1-2H3,(H2,20,21,22). The SMILES string of the molecule is COc1ccc(OC)c(Sc2nc3c(N)ncnc3n2CCn2cccc2)c1. The molecule has 9 heteroatoms. The Morgan fingerprint density at radius 1 is 1.07 bits per heavy atom. The Hall–Kier alpha value is -3.20. The maximum atomic E-state index is 6.04. The lowest BCUT2D eigenvalue weighted by atomic mass is 10.3. The molecule has 0 saturated heterocycles. The van der Waals surface area contributed by atoms with Gasteiger partial charge in [0.1, 0.15) is 17.8 Å². The zero-order valence-electron chi connectivity index (χ0n) is 15.6. The third kappa shape index (κ3) is 3.48. The topological polar surface area (TPSA) is 93.0 Å². The van der Waals surface area contributed by atoms with Gasteiger partial charge in [-0.25, -0.2) is 15.0 Å². The number of rotatable bonds is 7. The van der Waals surface area contributed by atoms with Crippen LogP contribution >= 0.6 is 11.8 Å². The molecule has 2 N–H and O–H groups in total. The molecular formula is C19H20N6O2S. The third-order valence-corrected chi connectivity index (χ3v) is 5.38. The van der Waals surface area contributed by atoms with E-state index in [-0.39, 0.29) is 0 Å². The first-order valence-electron chi connectivity index (χ1n) is 8.67. The molecule has 0 atom stereocenters. The molecule has 3 aromatic heterocycles. The van der Waals surface area contributed by atoms with Crippen LogP contribution in [0.4, 0.5) is 5.82 Å². The fourth-order valence-electron chi connectivity index (χ4n) is 2.91. The van der Waals surface area contributed by atoms with E-state index >= 15 is 0 Å². The van der Waals surface area contributed by atoms with Crippen molar-refractivity contribution in [2.45, 2.75) is 23.1 Å². The highest BCUT2D eigenvalue weighted by Crippen LogP contribution is 2.38. The molecule has 0 spiro atoms. The van der Waals surface area contributed by atoms with Crippen LogP contribution in [0.3, 0.4) is 0 Å². The summed E-state index contributed by atoms with van der Waals surface area (Å²) in [6.45, 7) is 1.47. The zero-order valence-corrected chi connectivity index (χ0v) is 16.4. The minimum absolute atomic E-state index is 0.365. The number of nitrogens with two attached hydrogens (primary N) is 1. The van der Waals surface area contributed by atoms with Gasteiger partial charge in [0.05, 0.1) is 19.1 Å². The second kappa shape index (κ2) is 7.81. The molecule has 8 nitrogen and oxygen atoms in total. The van der Waals surface area contributed by atoms with Crippen LogP contribution in [0.2, 0.25) is 0 Å². The van der Waals surface area contributed by atoms with Crippen molar-refractivity contribution < 1.29 is 9.47 Å². The summed E-state index contributed by atoms with van der Waals surface area (Å²) < 4.78 is 15.0. The fraction of sp³-hybridized carbons (Fsp3) is 0.211. The smallest absolute Gasteiger partial charge is 0.175 e. The van der Waals surface area contributed by atoms with E-state index in [9.17, 15) is 0 Å². The third-order valence-electron chi connectivity index (χ3n) is 4.35. The highest BCUT2D eigenvalue weighted by atomic mass is 32.2. The van der Waals surface area contributed by atoms with Gasteiger partial charge in [-0.15, -0.1) is 0 Å². The van der Waals surface area contributed by atoms with Crippen LogP contribution < -0.4 is 15.2 Å². The summed E-state index contributed by atoms with van der Waals surface area (Å²) >= 11 is 1.48. The first-order valence-corrected chi connectivity index (χ1v) is 9.48. The molecule has 28 heavy (non-hydrogen) atoms. The lowest BCUT2D eigenvalue weighted by Gasteiger charge is -2.12. The predicted molar refractivity (Wildman–Crippen MR) is 108 cm³/mol. The Bertz CT molecular complexity index is 1090. The largest absolute Gasteiger partial charge is 0.497 e. The Kier molecular flexibility index (Phi) is 5.07. The van der Waals surface area contributed by atoms with E-state index in [4.69, 9.17) is 20.2 Å². The van der Waals surface area contributed by atoms with E-state index in [1.54, 1.807) is 14.2 Å². The number of imidazole rings is 1. The number of aryl methyl sites for hydroxylation is 2. The average Bonchev–Trinajstić information content (AvgIpc) is 3.35. The molecule has 0 bridgehead atoms. The number of hydrogen-bond donors (Lipinski definition) is 1. The number of benzene rings is 1. The van der Waals surface area contributed by atoms with Crippen LogP contribution in [0.5, 0.6) is 11.5 Å². The van der Waals surface area contributed by atoms with E-state index < -0.39 is 0 Å². The molecule has 0 amide bonds. The molecule has 1 aromatic carbocycles. The number of aromatic nitrogens is 5. The molecule has 0 aliphatic carbocycles. The van der Waals surface area contributed by atoms with Crippen molar-refractivity contribution in [3.8, 4) is 11.5 Å². The average molecular weight is 396 g/mol. The van der Waals surface area contributed by atoms with E-state index in [0.29, 0.717) is 23.5 Å². The van der Waals surface area contributed by atoms with Crippen LogP contribution in [0.15, 0.2) is 59.1 Å². The monoisotopic (exact) mass is 396 g/mol. The van der Waals surface area contributed by atoms with Crippen molar-refractivity contribution in [2.75, 3.05) is 20.0 Å². The van der Waals surface area contributed by atoms with Gasteiger partial charge in [-0.05, 0) is 42.1 Å². The zero-order chi connectivity index (χ0) is 19.5. The van der Waals surface area contributed by atoms with E-state index in [0.717, 1.165) is 28.1 Å². The Labute approximate surface area is 166 Å². The first kappa shape index (κ1) is 18.2. The number of methoxy groups -OCH3 is 2. The number of nitrogens with zero attached hydrogens (tertiary/aromatic N) is 5. The maximum absolute atomic E-state index is 6.04. The van der Waals surface area contributed by atoms with E-state index in [2.05, 4.69) is 19.1 Å². The molecule has 0 aliphatic heterocycles. The van der Waals surface area contributed by atoms with Crippen LogP contribution in [-0.2, 0) is 13.1 Å².